The molecule has 0 saturated carbocycles. The summed E-state index contributed by atoms with van der Waals surface area (Å²) >= 11 is 0. The standard InChI is InChI=1S/C15H13N7O.3H2/c1-8-2-3-9-10(6-8)20-15(19-9)13-14(17)18-7-11(22-13)21-12(23)4-5-16;;;/h2-3,6-7H,4H2,1H3,(H2,17,18)(H,19,20)(H,21,22,23);3*1H. The third-order valence-corrected chi connectivity index (χ3v) is 3.17. The molecule has 23 heavy (non-hydrogen) atoms. The summed E-state index contributed by atoms with van der Waals surface area (Å²) < 4.78 is 0. The molecular formula is C15H19N7O. The van der Waals surface area contributed by atoms with Crippen molar-refractivity contribution in [1.29, 1.82) is 5.26 Å². The van der Waals surface area contributed by atoms with E-state index in [-0.39, 0.29) is 22.3 Å². The molecule has 4 N–H and O–H groups in total. The summed E-state index contributed by atoms with van der Waals surface area (Å²) in [5, 5.41) is 11.0. The molecule has 0 aliphatic carbocycles. The van der Waals surface area contributed by atoms with Crippen LogP contribution in [0.5, 0.6) is 0 Å². The van der Waals surface area contributed by atoms with E-state index in [0.29, 0.717) is 11.5 Å². The van der Waals surface area contributed by atoms with E-state index in [1.54, 1.807) is 6.07 Å². The van der Waals surface area contributed by atoms with Crippen molar-refractivity contribution >= 4 is 28.6 Å². The highest BCUT2D eigenvalue weighted by atomic mass is 16.1. The molecule has 2 heterocycles. The number of rotatable bonds is 3. The summed E-state index contributed by atoms with van der Waals surface area (Å²) in [5.41, 5.74) is 8.95. The second-order valence-electron chi connectivity index (χ2n) is 4.98. The molecule has 8 heteroatoms. The Kier molecular flexibility index (Phi) is 3.60. The van der Waals surface area contributed by atoms with Gasteiger partial charge in [0.2, 0.25) is 5.91 Å². The molecule has 0 unspecified atom stereocenters. The fourth-order valence-corrected chi connectivity index (χ4v) is 2.13. The van der Waals surface area contributed by atoms with Crippen LogP contribution in [-0.4, -0.2) is 25.8 Å². The van der Waals surface area contributed by atoms with Crippen molar-refractivity contribution in [2.75, 3.05) is 11.1 Å². The Morgan fingerprint density at radius 2 is 2.30 bits per heavy atom. The fraction of sp³-hybridized carbons (Fsp3) is 0.133. The zero-order chi connectivity index (χ0) is 16.4. The number of hydrogen-bond acceptors (Lipinski definition) is 6. The number of aromatic nitrogens is 4. The Balaban J connectivity index is 0.00000208. The molecular weight excluding hydrogens is 294 g/mol. The molecule has 0 bridgehead atoms. The fourth-order valence-electron chi connectivity index (χ4n) is 2.13. The molecule has 0 aliphatic rings. The van der Waals surface area contributed by atoms with Crippen molar-refractivity contribution in [2.24, 2.45) is 0 Å². The van der Waals surface area contributed by atoms with Crippen LogP contribution in [0.4, 0.5) is 11.6 Å². The van der Waals surface area contributed by atoms with Crippen LogP contribution < -0.4 is 11.1 Å². The van der Waals surface area contributed by atoms with Crippen molar-refractivity contribution in [1.82, 2.24) is 19.9 Å². The highest BCUT2D eigenvalue weighted by Crippen LogP contribution is 2.24. The first kappa shape index (κ1) is 14.5. The van der Waals surface area contributed by atoms with Crippen molar-refractivity contribution in [3.63, 3.8) is 0 Å². The Labute approximate surface area is 135 Å². The normalized spacial score (nSPS) is 10.4. The summed E-state index contributed by atoms with van der Waals surface area (Å²) in [4.78, 5) is 27.3. The van der Waals surface area contributed by atoms with Gasteiger partial charge in [-0.2, -0.15) is 5.26 Å². The molecule has 120 valence electrons. The lowest BCUT2D eigenvalue weighted by atomic mass is 10.2. The summed E-state index contributed by atoms with van der Waals surface area (Å²) in [7, 11) is 0. The van der Waals surface area contributed by atoms with Crippen molar-refractivity contribution in [2.45, 2.75) is 13.3 Å². The van der Waals surface area contributed by atoms with Crippen LogP contribution in [-0.2, 0) is 4.79 Å². The number of nitriles is 1. The van der Waals surface area contributed by atoms with E-state index in [1.807, 2.05) is 25.1 Å². The van der Waals surface area contributed by atoms with Crippen LogP contribution in [0.25, 0.3) is 22.6 Å². The number of nitrogens with zero attached hydrogens (tertiary/aromatic N) is 4. The number of aromatic amines is 1. The molecule has 0 atom stereocenters. The SMILES string of the molecule is Cc1ccc2nc(-c3nc(NC(=O)CC#N)cnc3N)[nH]c2c1.[HH].[HH].[HH]. The molecule has 8 nitrogen and oxygen atoms in total. The van der Waals surface area contributed by atoms with Crippen LogP contribution >= 0.6 is 0 Å². The first-order chi connectivity index (χ1) is 11.1. The number of carbonyl (C=O) groups excluding carboxylic acids is 1. The molecule has 0 aliphatic heterocycles. The summed E-state index contributed by atoms with van der Waals surface area (Å²) in [6, 6.07) is 7.59. The second-order valence-corrected chi connectivity index (χ2v) is 4.98. The van der Waals surface area contributed by atoms with Gasteiger partial charge in [-0.15, -0.1) is 0 Å². The van der Waals surface area contributed by atoms with Gasteiger partial charge >= 0.3 is 0 Å². The highest BCUT2D eigenvalue weighted by Gasteiger charge is 2.13. The molecule has 3 rings (SSSR count). The summed E-state index contributed by atoms with van der Waals surface area (Å²) in [5.74, 6) is 0.412. The van der Waals surface area contributed by atoms with Gasteiger partial charge < -0.3 is 16.0 Å². The topological polar surface area (TPSA) is 133 Å². The average molecular weight is 313 g/mol. The number of carbonyl (C=O) groups is 1. The van der Waals surface area contributed by atoms with Crippen molar-refractivity contribution in [3.8, 4) is 17.6 Å². The summed E-state index contributed by atoms with van der Waals surface area (Å²) in [6.07, 6.45) is 1.08. The third-order valence-electron chi connectivity index (χ3n) is 3.17. The van der Waals surface area contributed by atoms with E-state index in [4.69, 9.17) is 11.0 Å². The van der Waals surface area contributed by atoms with Crippen LogP contribution in [0.3, 0.4) is 0 Å². The zero-order valence-electron chi connectivity index (χ0n) is 12.3. The third kappa shape index (κ3) is 2.94. The Morgan fingerprint density at radius 3 is 3.09 bits per heavy atom. The number of hydrogen-bond donors (Lipinski definition) is 3. The molecule has 3 aromatic rings. The average Bonchev–Trinajstić information content (AvgIpc) is 2.92. The monoisotopic (exact) mass is 313 g/mol. The predicted octanol–water partition coefficient (Wildman–Crippen LogP) is 2.50. The molecule has 0 radical (unpaired) electrons. The number of H-pyrrole nitrogens is 1. The van der Waals surface area contributed by atoms with Crippen molar-refractivity contribution in [3.05, 3.63) is 30.0 Å². The molecule has 0 spiro atoms. The van der Waals surface area contributed by atoms with E-state index in [1.165, 1.54) is 6.20 Å². The van der Waals surface area contributed by atoms with Gasteiger partial charge in [0, 0.05) is 4.28 Å². The Morgan fingerprint density at radius 1 is 1.48 bits per heavy atom. The lowest BCUT2D eigenvalue weighted by molar-refractivity contribution is -0.115. The first-order valence-corrected chi connectivity index (χ1v) is 6.83. The number of anilines is 2. The Hall–Kier alpha value is -3.47. The van der Waals surface area contributed by atoms with Crippen LogP contribution in [0.2, 0.25) is 0 Å². The van der Waals surface area contributed by atoms with Crippen LogP contribution in [0, 0.1) is 18.3 Å². The maximum Gasteiger partial charge on any atom is 0.239 e. The van der Waals surface area contributed by atoms with Gasteiger partial charge in [0.15, 0.2) is 23.2 Å². The van der Waals surface area contributed by atoms with Crippen molar-refractivity contribution < 1.29 is 9.07 Å². The first-order valence-electron chi connectivity index (χ1n) is 6.83. The number of amides is 1. The largest absolute Gasteiger partial charge is 0.382 e. The molecule has 0 saturated heterocycles. The minimum Gasteiger partial charge on any atom is -0.382 e. The molecule has 2 aromatic heterocycles. The smallest absolute Gasteiger partial charge is 0.239 e. The van der Waals surface area contributed by atoms with Gasteiger partial charge in [0.1, 0.15) is 6.42 Å². The van der Waals surface area contributed by atoms with E-state index < -0.39 is 5.91 Å². The van der Waals surface area contributed by atoms with Gasteiger partial charge in [0.25, 0.3) is 0 Å². The van der Waals surface area contributed by atoms with Gasteiger partial charge in [-0.3, -0.25) is 4.79 Å². The molecule has 1 aromatic carbocycles. The minimum absolute atomic E-state index is 0. The van der Waals surface area contributed by atoms with Gasteiger partial charge in [0.05, 0.1) is 23.3 Å². The lowest BCUT2D eigenvalue weighted by Gasteiger charge is -2.05. The maximum absolute atomic E-state index is 11.5. The Bertz CT molecular complexity index is 952. The predicted molar refractivity (Wildman–Crippen MR) is 91.5 cm³/mol. The highest BCUT2D eigenvalue weighted by molar-refractivity contribution is 5.91. The number of nitrogens with one attached hydrogen (secondary N) is 2. The lowest BCUT2D eigenvalue weighted by Crippen LogP contribution is -2.12. The van der Waals surface area contributed by atoms with Gasteiger partial charge in [-0.05, 0) is 24.6 Å². The second kappa shape index (κ2) is 5.73. The van der Waals surface area contributed by atoms with E-state index in [0.717, 1.165) is 16.6 Å². The number of imidazole rings is 1. The van der Waals surface area contributed by atoms with E-state index in [2.05, 4.69) is 25.3 Å². The quantitative estimate of drug-likeness (QED) is 0.680. The number of nitrogen functional groups attached to an aromatic ring is 1. The van der Waals surface area contributed by atoms with Crippen LogP contribution in [0.15, 0.2) is 24.4 Å². The summed E-state index contributed by atoms with van der Waals surface area (Å²) in [6.45, 7) is 1.99. The maximum atomic E-state index is 11.5. The number of fused-ring (bicyclic) bond motifs is 1. The molecule has 1 amide bonds. The molecule has 0 fully saturated rings. The van der Waals surface area contributed by atoms with Gasteiger partial charge in [-0.25, -0.2) is 15.0 Å². The van der Waals surface area contributed by atoms with E-state index >= 15 is 0 Å². The number of aryl methyl sites for hydroxylation is 1. The zero-order valence-corrected chi connectivity index (χ0v) is 12.3. The van der Waals surface area contributed by atoms with Crippen LogP contribution in [0.1, 0.15) is 16.3 Å². The number of benzene rings is 1. The number of nitrogens with two attached hydrogens (primary N) is 1. The minimum atomic E-state index is -0.460. The van der Waals surface area contributed by atoms with E-state index in [9.17, 15) is 4.79 Å². The van der Waals surface area contributed by atoms with Gasteiger partial charge in [-0.1, -0.05) is 6.07 Å².